The standard InChI is InChI=1S/C15H14F2N6O2/c16-15(17)24-9-4-3-7-11(12(9)25-15)21-14(19)23-13(7)20-10(22-23)5-8(18)6-1-2-6/h3-4,6,8H,1-2,5,18H2,(H2,19,21). The molecule has 4 N–H and O–H groups in total. The number of nitrogen functional groups attached to an aromatic ring is 1. The van der Waals surface area contributed by atoms with E-state index in [1.807, 2.05) is 0 Å². The molecule has 1 aliphatic heterocycles. The molecule has 1 unspecified atom stereocenters. The second-order valence-electron chi connectivity index (χ2n) is 6.40. The molecular weight excluding hydrogens is 334 g/mol. The number of alkyl halides is 2. The summed E-state index contributed by atoms with van der Waals surface area (Å²) in [6, 6.07) is 2.97. The molecule has 0 saturated heterocycles. The molecular formula is C15H14F2N6O2. The first-order valence-electron chi connectivity index (χ1n) is 7.90. The molecule has 10 heteroatoms. The second kappa shape index (κ2) is 4.66. The SMILES string of the molecule is Nc1nc2c3c(ccc2c2nc(CC(N)C4CC4)nn12)OC(F)(F)O3. The van der Waals surface area contributed by atoms with Crippen molar-refractivity contribution in [2.24, 2.45) is 11.7 Å². The van der Waals surface area contributed by atoms with E-state index in [0.29, 0.717) is 29.2 Å². The van der Waals surface area contributed by atoms with Crippen molar-refractivity contribution in [3.05, 3.63) is 18.0 Å². The molecule has 5 rings (SSSR count). The molecule has 3 aromatic rings. The molecule has 3 heterocycles. The van der Waals surface area contributed by atoms with Crippen LogP contribution < -0.4 is 20.9 Å². The first-order chi connectivity index (χ1) is 11.9. The van der Waals surface area contributed by atoms with Gasteiger partial charge in [0, 0.05) is 17.8 Å². The van der Waals surface area contributed by atoms with Gasteiger partial charge >= 0.3 is 6.29 Å². The Morgan fingerprint density at radius 2 is 2.08 bits per heavy atom. The van der Waals surface area contributed by atoms with Gasteiger partial charge in [-0.05, 0) is 30.9 Å². The van der Waals surface area contributed by atoms with Crippen LogP contribution in [0.4, 0.5) is 14.7 Å². The summed E-state index contributed by atoms with van der Waals surface area (Å²) in [4.78, 5) is 8.63. The lowest BCUT2D eigenvalue weighted by Gasteiger charge is -2.05. The summed E-state index contributed by atoms with van der Waals surface area (Å²) in [5, 5.41) is 4.85. The number of nitrogens with zero attached hydrogens (tertiary/aromatic N) is 4. The zero-order valence-electron chi connectivity index (χ0n) is 12.9. The number of rotatable bonds is 3. The van der Waals surface area contributed by atoms with Gasteiger partial charge < -0.3 is 20.9 Å². The molecule has 2 aliphatic rings. The van der Waals surface area contributed by atoms with Gasteiger partial charge in [0.2, 0.25) is 5.95 Å². The van der Waals surface area contributed by atoms with Gasteiger partial charge in [0.15, 0.2) is 23.0 Å². The fourth-order valence-corrected chi connectivity index (χ4v) is 3.13. The Balaban J connectivity index is 1.66. The second-order valence-corrected chi connectivity index (χ2v) is 6.40. The molecule has 1 saturated carbocycles. The van der Waals surface area contributed by atoms with Crippen LogP contribution in [0.5, 0.6) is 11.5 Å². The fourth-order valence-electron chi connectivity index (χ4n) is 3.13. The largest absolute Gasteiger partial charge is 0.586 e. The van der Waals surface area contributed by atoms with E-state index < -0.39 is 6.29 Å². The van der Waals surface area contributed by atoms with Gasteiger partial charge in [0.1, 0.15) is 5.52 Å². The van der Waals surface area contributed by atoms with E-state index >= 15 is 0 Å². The molecule has 1 aliphatic carbocycles. The molecule has 2 aromatic heterocycles. The third kappa shape index (κ3) is 2.24. The lowest BCUT2D eigenvalue weighted by molar-refractivity contribution is -0.286. The lowest BCUT2D eigenvalue weighted by Crippen LogP contribution is -2.26. The van der Waals surface area contributed by atoms with Crippen LogP contribution in [0.1, 0.15) is 18.7 Å². The van der Waals surface area contributed by atoms with E-state index in [0.717, 1.165) is 12.8 Å². The van der Waals surface area contributed by atoms with E-state index in [1.165, 1.54) is 10.6 Å². The van der Waals surface area contributed by atoms with Crippen molar-refractivity contribution >= 4 is 22.5 Å². The molecule has 0 bridgehead atoms. The third-order valence-electron chi connectivity index (χ3n) is 4.53. The summed E-state index contributed by atoms with van der Waals surface area (Å²) < 4.78 is 37.1. The van der Waals surface area contributed by atoms with Crippen LogP contribution in [0.3, 0.4) is 0 Å². The van der Waals surface area contributed by atoms with E-state index in [-0.39, 0.29) is 29.0 Å². The Bertz CT molecular complexity index is 1020. The highest BCUT2D eigenvalue weighted by molar-refractivity contribution is 5.97. The summed E-state index contributed by atoms with van der Waals surface area (Å²) in [6.07, 6.45) is -0.956. The van der Waals surface area contributed by atoms with Crippen molar-refractivity contribution in [1.29, 1.82) is 0 Å². The fraction of sp³-hybridized carbons (Fsp3) is 0.400. The monoisotopic (exact) mass is 348 g/mol. The Labute approximate surface area is 139 Å². The first-order valence-corrected chi connectivity index (χ1v) is 7.90. The quantitative estimate of drug-likeness (QED) is 0.736. The van der Waals surface area contributed by atoms with Crippen LogP contribution in [0, 0.1) is 5.92 Å². The minimum absolute atomic E-state index is 0.00228. The maximum absolute atomic E-state index is 13.4. The highest BCUT2D eigenvalue weighted by Crippen LogP contribution is 2.45. The van der Waals surface area contributed by atoms with Crippen molar-refractivity contribution in [2.45, 2.75) is 31.6 Å². The van der Waals surface area contributed by atoms with Gasteiger partial charge in [-0.15, -0.1) is 13.9 Å². The third-order valence-corrected chi connectivity index (χ3v) is 4.53. The number of aromatic nitrogens is 4. The van der Waals surface area contributed by atoms with Crippen LogP contribution >= 0.6 is 0 Å². The number of halogens is 2. The minimum Gasteiger partial charge on any atom is -0.395 e. The van der Waals surface area contributed by atoms with Gasteiger partial charge in [-0.25, -0.2) is 9.97 Å². The molecule has 0 spiro atoms. The number of benzene rings is 1. The van der Waals surface area contributed by atoms with Crippen LogP contribution in [0.25, 0.3) is 16.6 Å². The molecule has 1 fully saturated rings. The molecule has 130 valence electrons. The molecule has 8 nitrogen and oxygen atoms in total. The van der Waals surface area contributed by atoms with E-state index in [2.05, 4.69) is 24.5 Å². The predicted molar refractivity (Wildman–Crippen MR) is 83.3 cm³/mol. The summed E-state index contributed by atoms with van der Waals surface area (Å²) in [5.74, 6) is 0.826. The van der Waals surface area contributed by atoms with Crippen molar-refractivity contribution in [1.82, 2.24) is 19.6 Å². The Morgan fingerprint density at radius 1 is 1.28 bits per heavy atom. The van der Waals surface area contributed by atoms with Crippen molar-refractivity contribution in [3.63, 3.8) is 0 Å². The van der Waals surface area contributed by atoms with Crippen LogP contribution in [0.2, 0.25) is 0 Å². The van der Waals surface area contributed by atoms with E-state index in [4.69, 9.17) is 11.5 Å². The summed E-state index contributed by atoms with van der Waals surface area (Å²) in [5.41, 5.74) is 12.6. The maximum Gasteiger partial charge on any atom is 0.586 e. The highest BCUT2D eigenvalue weighted by Gasteiger charge is 2.45. The van der Waals surface area contributed by atoms with Crippen LogP contribution in [-0.4, -0.2) is 31.9 Å². The number of hydrogen-bond acceptors (Lipinski definition) is 7. The van der Waals surface area contributed by atoms with Crippen molar-refractivity contribution in [2.75, 3.05) is 5.73 Å². The predicted octanol–water partition coefficient (Wildman–Crippen LogP) is 1.46. The highest BCUT2D eigenvalue weighted by atomic mass is 19.3. The summed E-state index contributed by atoms with van der Waals surface area (Å²) >= 11 is 0. The Hall–Kier alpha value is -2.75. The molecule has 1 atom stereocenters. The number of nitrogens with two attached hydrogens (primary N) is 2. The number of anilines is 1. The number of ether oxygens (including phenoxy) is 2. The average molecular weight is 348 g/mol. The van der Waals surface area contributed by atoms with Crippen LogP contribution in [-0.2, 0) is 6.42 Å². The Morgan fingerprint density at radius 3 is 2.84 bits per heavy atom. The van der Waals surface area contributed by atoms with Gasteiger partial charge in [0.25, 0.3) is 0 Å². The number of fused-ring (bicyclic) bond motifs is 5. The Kier molecular flexibility index (Phi) is 2.72. The summed E-state index contributed by atoms with van der Waals surface area (Å²) in [6.45, 7) is 0. The zero-order valence-corrected chi connectivity index (χ0v) is 12.9. The normalized spacial score (nSPS) is 19.6. The van der Waals surface area contributed by atoms with Gasteiger partial charge in [-0.2, -0.15) is 4.52 Å². The lowest BCUT2D eigenvalue weighted by atomic mass is 10.1. The van der Waals surface area contributed by atoms with Crippen molar-refractivity contribution < 1.29 is 18.3 Å². The van der Waals surface area contributed by atoms with Gasteiger partial charge in [0.05, 0.1) is 0 Å². The van der Waals surface area contributed by atoms with E-state index in [1.54, 1.807) is 6.07 Å². The number of hydrogen-bond donors (Lipinski definition) is 2. The smallest absolute Gasteiger partial charge is 0.395 e. The average Bonchev–Trinajstić information content (AvgIpc) is 3.22. The minimum atomic E-state index is -3.73. The molecule has 25 heavy (non-hydrogen) atoms. The maximum atomic E-state index is 13.4. The van der Waals surface area contributed by atoms with Gasteiger partial charge in [-0.3, -0.25) is 0 Å². The van der Waals surface area contributed by atoms with Crippen molar-refractivity contribution in [3.8, 4) is 11.5 Å². The molecule has 1 aromatic carbocycles. The topological polar surface area (TPSA) is 114 Å². The van der Waals surface area contributed by atoms with Crippen LogP contribution in [0.15, 0.2) is 12.1 Å². The summed E-state index contributed by atoms with van der Waals surface area (Å²) in [7, 11) is 0. The molecule has 0 amide bonds. The molecule has 0 radical (unpaired) electrons. The first kappa shape index (κ1) is 14.6. The van der Waals surface area contributed by atoms with Gasteiger partial charge in [-0.1, -0.05) is 0 Å². The zero-order chi connectivity index (χ0) is 17.3. The van der Waals surface area contributed by atoms with E-state index in [9.17, 15) is 8.78 Å².